The van der Waals surface area contributed by atoms with Crippen LogP contribution in [0.4, 0.5) is 0 Å². The largest absolute Gasteiger partial charge is 0.389 e. The molecule has 0 aliphatic heterocycles. The van der Waals surface area contributed by atoms with Gasteiger partial charge in [-0.3, -0.25) is 13.9 Å². The van der Waals surface area contributed by atoms with Crippen LogP contribution in [0.5, 0.6) is 0 Å². The number of benzene rings is 2. The number of aryl methyl sites for hydroxylation is 1. The van der Waals surface area contributed by atoms with Gasteiger partial charge in [0, 0.05) is 22.5 Å². The Labute approximate surface area is 173 Å². The van der Waals surface area contributed by atoms with Crippen molar-refractivity contribution in [1.29, 1.82) is 0 Å². The highest BCUT2D eigenvalue weighted by Gasteiger charge is 2.14. The molecule has 0 fully saturated rings. The van der Waals surface area contributed by atoms with Gasteiger partial charge in [0.05, 0.1) is 31.5 Å². The molecule has 2 aromatic carbocycles. The average Bonchev–Trinajstić information content (AvgIpc) is 2.96. The van der Waals surface area contributed by atoms with Gasteiger partial charge in [0.25, 0.3) is 0 Å². The molecule has 0 aliphatic carbocycles. The van der Waals surface area contributed by atoms with E-state index in [2.05, 4.69) is 0 Å². The molecule has 3 rings (SSSR count). The van der Waals surface area contributed by atoms with E-state index in [0.29, 0.717) is 22.9 Å². The van der Waals surface area contributed by atoms with E-state index in [1.807, 2.05) is 19.1 Å². The second-order valence-electron chi connectivity index (χ2n) is 6.94. The number of imidazole rings is 1. The van der Waals surface area contributed by atoms with Crippen molar-refractivity contribution in [2.24, 2.45) is 0 Å². The Kier molecular flexibility index (Phi) is 6.69. The van der Waals surface area contributed by atoms with E-state index in [9.17, 15) is 14.7 Å². The van der Waals surface area contributed by atoms with Crippen molar-refractivity contribution < 1.29 is 14.6 Å². The fourth-order valence-electron chi connectivity index (χ4n) is 3.08. The number of carbonyl (C=O) groups is 1. The summed E-state index contributed by atoms with van der Waals surface area (Å²) in [5.41, 5.74) is 2.70. The first-order valence-electron chi connectivity index (χ1n) is 9.25. The van der Waals surface area contributed by atoms with Gasteiger partial charge in [-0.25, -0.2) is 4.79 Å². The number of hydrogen-bond acceptors (Lipinski definition) is 4. The summed E-state index contributed by atoms with van der Waals surface area (Å²) in [5, 5.41) is 10.9. The van der Waals surface area contributed by atoms with Gasteiger partial charge < -0.3 is 9.84 Å². The summed E-state index contributed by atoms with van der Waals surface area (Å²) in [4.78, 5) is 24.2. The van der Waals surface area contributed by atoms with E-state index in [1.54, 1.807) is 47.2 Å². The van der Waals surface area contributed by atoms with Gasteiger partial charge in [-0.2, -0.15) is 0 Å². The van der Waals surface area contributed by atoms with Crippen LogP contribution in [0.3, 0.4) is 0 Å². The summed E-state index contributed by atoms with van der Waals surface area (Å²) >= 11 is 5.85. The van der Waals surface area contributed by atoms with Crippen LogP contribution >= 0.6 is 11.6 Å². The highest BCUT2D eigenvalue weighted by molar-refractivity contribution is 6.30. The van der Waals surface area contributed by atoms with E-state index in [4.69, 9.17) is 16.3 Å². The first-order chi connectivity index (χ1) is 13.8. The molecule has 0 amide bonds. The van der Waals surface area contributed by atoms with E-state index < -0.39 is 6.10 Å². The number of ketones is 1. The summed E-state index contributed by atoms with van der Waals surface area (Å²) in [7, 11) is 0. The highest BCUT2D eigenvalue weighted by atomic mass is 35.5. The van der Waals surface area contributed by atoms with E-state index >= 15 is 0 Å². The lowest BCUT2D eigenvalue weighted by atomic mass is 10.1. The molecular weight excluding hydrogens is 392 g/mol. The zero-order chi connectivity index (χ0) is 21.0. The Hall–Kier alpha value is -2.67. The summed E-state index contributed by atoms with van der Waals surface area (Å²) in [6.07, 6.45) is 0.874. The SMILES string of the molecule is CC(=O)c1ccc(-n2c(C)cn(CC(O)COCc3ccc(Cl)cc3)c2=O)cc1. The molecule has 0 saturated heterocycles. The molecule has 0 aliphatic rings. The zero-order valence-electron chi connectivity index (χ0n) is 16.3. The lowest BCUT2D eigenvalue weighted by Gasteiger charge is -2.11. The minimum atomic E-state index is -0.824. The molecule has 0 bridgehead atoms. The third-order valence-electron chi connectivity index (χ3n) is 4.56. The molecule has 6 nitrogen and oxygen atoms in total. The van der Waals surface area contributed by atoms with Gasteiger partial charge >= 0.3 is 5.69 Å². The predicted molar refractivity (Wildman–Crippen MR) is 112 cm³/mol. The summed E-state index contributed by atoms with van der Waals surface area (Å²) in [5.74, 6) is -0.0279. The normalized spacial score (nSPS) is 12.1. The Morgan fingerprint density at radius 2 is 1.79 bits per heavy atom. The number of carbonyl (C=O) groups excluding carboxylic acids is 1. The Morgan fingerprint density at radius 3 is 2.41 bits per heavy atom. The molecule has 3 aromatic rings. The Balaban J connectivity index is 1.64. The number of aliphatic hydroxyl groups excluding tert-OH is 1. The van der Waals surface area contributed by atoms with Gasteiger partial charge in [0.2, 0.25) is 0 Å². The van der Waals surface area contributed by atoms with Crippen LogP contribution in [-0.2, 0) is 17.9 Å². The van der Waals surface area contributed by atoms with Crippen LogP contribution < -0.4 is 5.69 Å². The molecule has 29 heavy (non-hydrogen) atoms. The smallest absolute Gasteiger partial charge is 0.333 e. The highest BCUT2D eigenvalue weighted by Crippen LogP contribution is 2.12. The van der Waals surface area contributed by atoms with E-state index in [-0.39, 0.29) is 24.6 Å². The minimum absolute atomic E-state index is 0.0279. The van der Waals surface area contributed by atoms with Gasteiger partial charge in [-0.1, -0.05) is 23.7 Å². The van der Waals surface area contributed by atoms with Crippen LogP contribution in [0.25, 0.3) is 5.69 Å². The zero-order valence-corrected chi connectivity index (χ0v) is 17.1. The molecular formula is C22H23ClN2O4. The molecule has 7 heteroatoms. The third-order valence-corrected chi connectivity index (χ3v) is 4.82. The molecule has 1 atom stereocenters. The Bertz CT molecular complexity index is 1040. The second-order valence-corrected chi connectivity index (χ2v) is 7.38. The first kappa shape index (κ1) is 21.0. The van der Waals surface area contributed by atoms with Crippen LogP contribution in [0.2, 0.25) is 5.02 Å². The average molecular weight is 415 g/mol. The number of rotatable bonds is 8. The van der Waals surface area contributed by atoms with E-state index in [0.717, 1.165) is 11.3 Å². The predicted octanol–water partition coefficient (Wildman–Crippen LogP) is 3.38. The fraction of sp³-hybridized carbons (Fsp3) is 0.273. The molecule has 1 unspecified atom stereocenters. The van der Waals surface area contributed by atoms with Gasteiger partial charge in [0.1, 0.15) is 0 Å². The number of Topliss-reactive ketones (excluding diaryl/α,β-unsaturated/α-hetero) is 1. The van der Waals surface area contributed by atoms with Crippen molar-refractivity contribution >= 4 is 17.4 Å². The molecule has 0 spiro atoms. The molecule has 152 valence electrons. The lowest BCUT2D eigenvalue weighted by Crippen LogP contribution is -2.30. The number of aromatic nitrogens is 2. The van der Waals surface area contributed by atoms with Gasteiger partial charge in [-0.15, -0.1) is 0 Å². The third kappa shape index (κ3) is 5.23. The molecule has 1 heterocycles. The van der Waals surface area contributed by atoms with Crippen molar-refractivity contribution in [3.8, 4) is 5.69 Å². The summed E-state index contributed by atoms with van der Waals surface area (Å²) in [6, 6.07) is 14.2. The first-order valence-corrected chi connectivity index (χ1v) is 9.63. The maximum Gasteiger partial charge on any atom is 0.333 e. The molecule has 0 saturated carbocycles. The Morgan fingerprint density at radius 1 is 1.14 bits per heavy atom. The molecule has 0 radical (unpaired) electrons. The fourth-order valence-corrected chi connectivity index (χ4v) is 3.21. The van der Waals surface area contributed by atoms with Crippen molar-refractivity contribution in [2.75, 3.05) is 6.61 Å². The summed E-state index contributed by atoms with van der Waals surface area (Å²) in [6.45, 7) is 3.90. The topological polar surface area (TPSA) is 73.5 Å². The molecule has 1 N–H and O–H groups in total. The number of hydrogen-bond donors (Lipinski definition) is 1. The van der Waals surface area contributed by atoms with Crippen molar-refractivity contribution in [1.82, 2.24) is 9.13 Å². The van der Waals surface area contributed by atoms with E-state index in [1.165, 1.54) is 11.5 Å². The van der Waals surface area contributed by atoms with Crippen molar-refractivity contribution in [3.05, 3.63) is 87.1 Å². The van der Waals surface area contributed by atoms with Crippen molar-refractivity contribution in [3.63, 3.8) is 0 Å². The summed E-state index contributed by atoms with van der Waals surface area (Å²) < 4.78 is 8.55. The maximum absolute atomic E-state index is 12.8. The lowest BCUT2D eigenvalue weighted by molar-refractivity contribution is 0.0199. The number of nitrogens with zero attached hydrogens (tertiary/aromatic N) is 2. The van der Waals surface area contributed by atoms with Crippen LogP contribution in [-0.4, -0.2) is 32.7 Å². The van der Waals surface area contributed by atoms with Gasteiger partial charge in [-0.05, 0) is 55.8 Å². The minimum Gasteiger partial charge on any atom is -0.389 e. The van der Waals surface area contributed by atoms with Crippen LogP contribution in [0.1, 0.15) is 28.5 Å². The van der Waals surface area contributed by atoms with Crippen LogP contribution in [0, 0.1) is 6.92 Å². The molecule has 1 aromatic heterocycles. The number of aliphatic hydroxyl groups is 1. The van der Waals surface area contributed by atoms with Gasteiger partial charge in [0.15, 0.2) is 5.78 Å². The maximum atomic E-state index is 12.8. The quantitative estimate of drug-likeness (QED) is 0.573. The monoisotopic (exact) mass is 414 g/mol. The van der Waals surface area contributed by atoms with Crippen molar-refractivity contribution in [2.45, 2.75) is 33.1 Å². The number of halogens is 1. The van der Waals surface area contributed by atoms with Crippen LogP contribution in [0.15, 0.2) is 59.5 Å². The number of ether oxygens (including phenoxy) is 1. The standard InChI is InChI=1S/C22H23ClN2O4/c1-15-11-24(12-21(27)14-29-13-17-3-7-19(23)8-4-17)22(28)25(15)20-9-5-18(6-10-20)16(2)26/h3-11,21,27H,12-14H2,1-2H3. The second kappa shape index (κ2) is 9.22.